The number of carbonyl (C=O) groups excluding carboxylic acids is 1. The van der Waals surface area contributed by atoms with Crippen LogP contribution in [0.1, 0.15) is 30.1 Å². The number of hydrogen-bond acceptors (Lipinski definition) is 3. The molecule has 1 aliphatic heterocycles. The second kappa shape index (κ2) is 7.56. The molecule has 0 spiro atoms. The predicted octanol–water partition coefficient (Wildman–Crippen LogP) is 2.58. The van der Waals surface area contributed by atoms with Crippen LogP contribution in [0.25, 0.3) is 0 Å². The summed E-state index contributed by atoms with van der Waals surface area (Å²) in [6.45, 7) is 0.902. The van der Waals surface area contributed by atoms with Gasteiger partial charge in [0.1, 0.15) is 5.75 Å². The van der Waals surface area contributed by atoms with E-state index in [1.807, 2.05) is 6.92 Å². The molecule has 1 fully saturated rings. The summed E-state index contributed by atoms with van der Waals surface area (Å²) in [5.74, 6) is -0.150. The highest BCUT2D eigenvalue weighted by atomic mass is 35.5. The molecule has 1 saturated heterocycles. The van der Waals surface area contributed by atoms with E-state index in [4.69, 9.17) is 0 Å². The number of carbonyl (C=O) groups is 1. The molecule has 2 rings (SSSR count). The van der Waals surface area contributed by atoms with Gasteiger partial charge in [-0.3, -0.25) is 4.79 Å². The number of hydrogen-bond donors (Lipinski definition) is 2. The van der Waals surface area contributed by atoms with Crippen molar-refractivity contribution in [1.82, 2.24) is 10.6 Å². The highest BCUT2D eigenvalue weighted by Crippen LogP contribution is 2.19. The third-order valence-corrected chi connectivity index (χ3v) is 3.46. The van der Waals surface area contributed by atoms with Crippen molar-refractivity contribution >= 4 is 18.3 Å². The van der Waals surface area contributed by atoms with E-state index in [1.54, 1.807) is 0 Å². The number of rotatable bonds is 4. The smallest absolute Gasteiger partial charge is 0.387 e. The van der Waals surface area contributed by atoms with Crippen molar-refractivity contribution in [3.63, 3.8) is 0 Å². The van der Waals surface area contributed by atoms with Crippen LogP contribution < -0.4 is 15.4 Å². The summed E-state index contributed by atoms with van der Waals surface area (Å²) < 4.78 is 28.3. The first kappa shape index (κ1) is 17.7. The van der Waals surface area contributed by atoms with Gasteiger partial charge < -0.3 is 15.4 Å². The molecular formula is C14H19ClF2N2O2. The number of piperidine rings is 1. The zero-order valence-electron chi connectivity index (χ0n) is 11.7. The molecule has 1 aromatic rings. The lowest BCUT2D eigenvalue weighted by atomic mass is 9.90. The van der Waals surface area contributed by atoms with Gasteiger partial charge >= 0.3 is 6.61 Å². The van der Waals surface area contributed by atoms with Crippen molar-refractivity contribution in [2.24, 2.45) is 0 Å². The van der Waals surface area contributed by atoms with Gasteiger partial charge in [0.25, 0.3) is 5.91 Å². The van der Waals surface area contributed by atoms with Gasteiger partial charge in [0.05, 0.1) is 0 Å². The number of ether oxygens (including phenoxy) is 1. The van der Waals surface area contributed by atoms with Gasteiger partial charge in [0.2, 0.25) is 0 Å². The second-order valence-corrected chi connectivity index (χ2v) is 5.17. The Bertz CT molecular complexity index is 463. The SMILES string of the molecule is CC1(NC(=O)c2ccc(OC(F)F)cc2)CCNCC1.Cl. The van der Waals surface area contributed by atoms with Crippen molar-refractivity contribution in [3.05, 3.63) is 29.8 Å². The summed E-state index contributed by atoms with van der Waals surface area (Å²) in [6, 6.07) is 5.70. The van der Waals surface area contributed by atoms with Gasteiger partial charge in [0, 0.05) is 11.1 Å². The molecule has 21 heavy (non-hydrogen) atoms. The maximum atomic E-state index is 12.1. The fourth-order valence-electron chi connectivity index (χ4n) is 2.24. The summed E-state index contributed by atoms with van der Waals surface area (Å²) in [4.78, 5) is 12.1. The molecule has 0 atom stereocenters. The molecule has 2 N–H and O–H groups in total. The molecule has 1 aliphatic rings. The number of amides is 1. The van der Waals surface area contributed by atoms with Gasteiger partial charge in [-0.2, -0.15) is 8.78 Å². The standard InChI is InChI=1S/C14H18F2N2O2.ClH/c1-14(6-8-17-9-7-14)18-12(19)10-2-4-11(5-3-10)20-13(15)16;/h2-5,13,17H,6-9H2,1H3,(H,18,19);1H. The van der Waals surface area contributed by atoms with Crippen LogP contribution in [0, 0.1) is 0 Å². The topological polar surface area (TPSA) is 50.4 Å². The summed E-state index contributed by atoms with van der Waals surface area (Å²) >= 11 is 0. The van der Waals surface area contributed by atoms with Crippen LogP contribution in [-0.4, -0.2) is 31.1 Å². The lowest BCUT2D eigenvalue weighted by Crippen LogP contribution is -2.52. The van der Waals surface area contributed by atoms with Crippen molar-refractivity contribution in [2.45, 2.75) is 31.9 Å². The molecule has 0 radical (unpaired) electrons. The van der Waals surface area contributed by atoms with Crippen molar-refractivity contribution in [2.75, 3.05) is 13.1 Å². The Kier molecular flexibility index (Phi) is 6.36. The van der Waals surface area contributed by atoms with E-state index in [0.29, 0.717) is 5.56 Å². The largest absolute Gasteiger partial charge is 0.435 e. The molecule has 7 heteroatoms. The lowest BCUT2D eigenvalue weighted by Gasteiger charge is -2.35. The Morgan fingerprint density at radius 2 is 1.86 bits per heavy atom. The first-order valence-corrected chi connectivity index (χ1v) is 6.57. The zero-order chi connectivity index (χ0) is 14.6. The van der Waals surface area contributed by atoms with Gasteiger partial charge in [-0.05, 0) is 57.1 Å². The minimum Gasteiger partial charge on any atom is -0.435 e. The molecule has 0 aromatic heterocycles. The van der Waals surface area contributed by atoms with Gasteiger partial charge in [-0.1, -0.05) is 0 Å². The molecular weight excluding hydrogens is 302 g/mol. The maximum absolute atomic E-state index is 12.1. The highest BCUT2D eigenvalue weighted by molar-refractivity contribution is 5.94. The van der Waals surface area contributed by atoms with E-state index in [2.05, 4.69) is 15.4 Å². The zero-order valence-corrected chi connectivity index (χ0v) is 12.5. The first-order valence-electron chi connectivity index (χ1n) is 6.57. The van der Waals surface area contributed by atoms with Gasteiger partial charge in [0.15, 0.2) is 0 Å². The van der Waals surface area contributed by atoms with Crippen molar-refractivity contribution < 1.29 is 18.3 Å². The van der Waals surface area contributed by atoms with Crippen molar-refractivity contribution in [3.8, 4) is 5.75 Å². The molecule has 118 valence electrons. The Morgan fingerprint density at radius 3 is 2.38 bits per heavy atom. The first-order chi connectivity index (χ1) is 9.48. The fraction of sp³-hybridized carbons (Fsp3) is 0.500. The highest BCUT2D eigenvalue weighted by Gasteiger charge is 2.28. The van der Waals surface area contributed by atoms with Crippen LogP contribution in [0.4, 0.5) is 8.78 Å². The van der Waals surface area contributed by atoms with Crippen LogP contribution >= 0.6 is 12.4 Å². The van der Waals surface area contributed by atoms with Gasteiger partial charge in [-0.15, -0.1) is 12.4 Å². The van der Waals surface area contributed by atoms with Gasteiger partial charge in [-0.25, -0.2) is 0 Å². The Labute approximate surface area is 128 Å². The van der Waals surface area contributed by atoms with E-state index in [9.17, 15) is 13.6 Å². The Morgan fingerprint density at radius 1 is 1.29 bits per heavy atom. The molecule has 0 bridgehead atoms. The minimum atomic E-state index is -2.86. The van der Waals surface area contributed by atoms with Crippen LogP contribution in [0.3, 0.4) is 0 Å². The molecule has 0 saturated carbocycles. The lowest BCUT2D eigenvalue weighted by molar-refractivity contribution is -0.0498. The van der Waals surface area contributed by atoms with Crippen LogP contribution in [0.5, 0.6) is 5.75 Å². The molecule has 0 unspecified atom stereocenters. The minimum absolute atomic E-state index is 0. The molecule has 1 aromatic carbocycles. The fourth-order valence-corrected chi connectivity index (χ4v) is 2.24. The summed E-state index contributed by atoms with van der Waals surface area (Å²) in [6.07, 6.45) is 1.73. The van der Waals surface area contributed by atoms with E-state index in [-0.39, 0.29) is 29.6 Å². The van der Waals surface area contributed by atoms with Crippen LogP contribution in [-0.2, 0) is 0 Å². The average Bonchev–Trinajstić information content (AvgIpc) is 2.39. The molecule has 4 nitrogen and oxygen atoms in total. The van der Waals surface area contributed by atoms with Crippen molar-refractivity contribution in [1.29, 1.82) is 0 Å². The number of halogens is 3. The van der Waals surface area contributed by atoms with E-state index < -0.39 is 6.61 Å². The molecule has 1 amide bonds. The third-order valence-electron chi connectivity index (χ3n) is 3.46. The monoisotopic (exact) mass is 320 g/mol. The summed E-state index contributed by atoms with van der Waals surface area (Å²) in [7, 11) is 0. The number of alkyl halides is 2. The number of nitrogens with one attached hydrogen (secondary N) is 2. The van der Waals surface area contributed by atoms with E-state index >= 15 is 0 Å². The maximum Gasteiger partial charge on any atom is 0.387 e. The second-order valence-electron chi connectivity index (χ2n) is 5.17. The molecule has 1 heterocycles. The van der Waals surface area contributed by atoms with E-state index in [0.717, 1.165) is 25.9 Å². The predicted molar refractivity (Wildman–Crippen MR) is 78.3 cm³/mol. The quantitative estimate of drug-likeness (QED) is 0.896. The van der Waals surface area contributed by atoms with Crippen LogP contribution in [0.15, 0.2) is 24.3 Å². The summed E-state index contributed by atoms with van der Waals surface area (Å²) in [5, 5.41) is 6.24. The average molecular weight is 321 g/mol. The van der Waals surface area contributed by atoms with E-state index in [1.165, 1.54) is 24.3 Å². The Hall–Kier alpha value is -1.40. The normalized spacial score (nSPS) is 17.0. The number of benzene rings is 1. The third kappa shape index (κ3) is 5.13. The summed E-state index contributed by atoms with van der Waals surface area (Å²) in [5.41, 5.74) is 0.215. The molecule has 0 aliphatic carbocycles. The van der Waals surface area contributed by atoms with Crippen LogP contribution in [0.2, 0.25) is 0 Å². The Balaban J connectivity index is 0.00000220.